The quantitative estimate of drug-likeness (QED) is 0.710. The zero-order valence-electron chi connectivity index (χ0n) is 15.5. The Hall–Kier alpha value is -3.43. The van der Waals surface area contributed by atoms with Gasteiger partial charge >= 0.3 is 5.63 Å². The Balaban J connectivity index is 1.63. The summed E-state index contributed by atoms with van der Waals surface area (Å²) in [6.45, 7) is 2.51. The van der Waals surface area contributed by atoms with Crippen molar-refractivity contribution in [2.75, 3.05) is 36.0 Å². The summed E-state index contributed by atoms with van der Waals surface area (Å²) in [7, 11) is 0. The van der Waals surface area contributed by atoms with Gasteiger partial charge < -0.3 is 19.3 Å². The number of hydrogen-bond donors (Lipinski definition) is 1. The molecule has 3 aromatic rings. The van der Waals surface area contributed by atoms with Gasteiger partial charge in [0.25, 0.3) is 0 Å². The van der Waals surface area contributed by atoms with E-state index in [0.717, 1.165) is 5.69 Å². The third kappa shape index (κ3) is 3.78. The smallest absolute Gasteiger partial charge is 0.356 e. The van der Waals surface area contributed by atoms with Gasteiger partial charge in [-0.25, -0.2) is 4.79 Å². The highest BCUT2D eigenvalue weighted by molar-refractivity contribution is 6.30. The molecule has 1 N–H and O–H groups in total. The van der Waals surface area contributed by atoms with Crippen molar-refractivity contribution in [2.45, 2.75) is 0 Å². The van der Waals surface area contributed by atoms with Crippen molar-refractivity contribution >= 4 is 23.0 Å². The zero-order valence-corrected chi connectivity index (χ0v) is 16.3. The molecule has 0 unspecified atom stereocenters. The molecule has 6 nitrogen and oxygen atoms in total. The molecule has 0 spiro atoms. The number of hydrogen-bond acceptors (Lipinski definition) is 6. The van der Waals surface area contributed by atoms with Crippen LogP contribution in [0.5, 0.6) is 5.75 Å². The summed E-state index contributed by atoms with van der Waals surface area (Å²) >= 11 is 5.94. The average Bonchev–Trinajstić information content (AvgIpc) is 2.74. The number of benzene rings is 2. The number of para-hydroxylation sites is 2. The molecule has 0 aliphatic carbocycles. The van der Waals surface area contributed by atoms with Crippen LogP contribution in [0.2, 0.25) is 5.02 Å². The Kier molecular flexibility index (Phi) is 5.15. The van der Waals surface area contributed by atoms with Crippen LogP contribution in [0.25, 0.3) is 11.3 Å². The maximum Gasteiger partial charge on any atom is 0.356 e. The van der Waals surface area contributed by atoms with Gasteiger partial charge in [0, 0.05) is 42.8 Å². The zero-order chi connectivity index (χ0) is 20.4. The molecule has 2 aromatic carbocycles. The first-order valence-corrected chi connectivity index (χ1v) is 9.56. The SMILES string of the molecule is N#Cc1c(N2CCN(c3ccccc3O)CC2)cc(-c2ccc(Cl)cc2)oc1=O. The molecule has 2 heterocycles. The van der Waals surface area contributed by atoms with Crippen molar-refractivity contribution in [3.63, 3.8) is 0 Å². The first-order chi connectivity index (χ1) is 14.1. The van der Waals surface area contributed by atoms with Crippen molar-refractivity contribution in [1.29, 1.82) is 5.26 Å². The van der Waals surface area contributed by atoms with Crippen molar-refractivity contribution < 1.29 is 9.52 Å². The predicted octanol–water partition coefficient (Wildman–Crippen LogP) is 3.86. The van der Waals surface area contributed by atoms with E-state index in [1.165, 1.54) is 0 Å². The van der Waals surface area contributed by atoms with E-state index in [2.05, 4.69) is 4.90 Å². The molecule has 4 rings (SSSR count). The summed E-state index contributed by atoms with van der Waals surface area (Å²) in [5, 5.41) is 20.2. The largest absolute Gasteiger partial charge is 0.506 e. The van der Waals surface area contributed by atoms with Gasteiger partial charge in [-0.15, -0.1) is 0 Å². The standard InChI is InChI=1S/C22H18ClN3O3/c23-16-7-5-15(6-8-16)21-13-19(17(14-24)22(28)29-21)26-11-9-25(10-12-26)18-3-1-2-4-20(18)27/h1-8,13,27H,9-12H2. The van der Waals surface area contributed by atoms with E-state index < -0.39 is 5.63 Å². The maximum atomic E-state index is 12.4. The number of phenols is 1. The first-order valence-electron chi connectivity index (χ1n) is 9.19. The number of aromatic hydroxyl groups is 1. The Morgan fingerprint density at radius 1 is 0.966 bits per heavy atom. The lowest BCUT2D eigenvalue weighted by molar-refractivity contribution is 0.472. The molecule has 0 saturated carbocycles. The Bertz CT molecular complexity index is 1130. The van der Waals surface area contributed by atoms with Crippen molar-refractivity contribution in [2.24, 2.45) is 0 Å². The Morgan fingerprint density at radius 3 is 2.21 bits per heavy atom. The molecule has 0 atom stereocenters. The highest BCUT2D eigenvalue weighted by Gasteiger charge is 2.23. The van der Waals surface area contributed by atoms with Gasteiger partial charge in [0.15, 0.2) is 5.56 Å². The molecule has 29 heavy (non-hydrogen) atoms. The Morgan fingerprint density at radius 2 is 1.59 bits per heavy atom. The summed E-state index contributed by atoms with van der Waals surface area (Å²) in [6, 6.07) is 17.9. The molecule has 0 amide bonds. The van der Waals surface area contributed by atoms with Gasteiger partial charge in [0.05, 0.1) is 11.4 Å². The van der Waals surface area contributed by atoms with Gasteiger partial charge in [0.1, 0.15) is 17.6 Å². The Labute approximate surface area is 172 Å². The third-order valence-electron chi connectivity index (χ3n) is 5.01. The normalized spacial score (nSPS) is 13.9. The number of phenolic OH excluding ortho intramolecular Hbond substituents is 1. The molecule has 1 saturated heterocycles. The molecule has 1 fully saturated rings. The minimum atomic E-state index is -0.655. The third-order valence-corrected chi connectivity index (χ3v) is 5.27. The second kappa shape index (κ2) is 7.90. The molecule has 0 bridgehead atoms. The number of piperazine rings is 1. The summed E-state index contributed by atoms with van der Waals surface area (Å²) in [6.07, 6.45) is 0. The summed E-state index contributed by atoms with van der Waals surface area (Å²) in [5.41, 5.74) is 1.40. The van der Waals surface area contributed by atoms with Crippen molar-refractivity contribution in [3.05, 3.63) is 75.6 Å². The molecular formula is C22H18ClN3O3. The van der Waals surface area contributed by atoms with Crippen LogP contribution in [-0.4, -0.2) is 31.3 Å². The monoisotopic (exact) mass is 407 g/mol. The second-order valence-electron chi connectivity index (χ2n) is 6.74. The van der Waals surface area contributed by atoms with E-state index in [0.29, 0.717) is 48.2 Å². The van der Waals surface area contributed by atoms with Crippen LogP contribution in [0.1, 0.15) is 5.56 Å². The summed E-state index contributed by atoms with van der Waals surface area (Å²) in [5.74, 6) is 0.632. The van der Waals surface area contributed by atoms with E-state index in [-0.39, 0.29) is 11.3 Å². The molecule has 146 valence electrons. The lowest BCUT2D eigenvalue weighted by Gasteiger charge is -2.37. The molecule has 0 radical (unpaired) electrons. The van der Waals surface area contributed by atoms with Crippen LogP contribution in [-0.2, 0) is 0 Å². The van der Waals surface area contributed by atoms with Crippen LogP contribution in [0, 0.1) is 11.3 Å². The van der Waals surface area contributed by atoms with Crippen LogP contribution in [0.15, 0.2) is 63.8 Å². The maximum absolute atomic E-state index is 12.4. The van der Waals surface area contributed by atoms with E-state index >= 15 is 0 Å². The van der Waals surface area contributed by atoms with E-state index in [1.54, 1.807) is 42.5 Å². The lowest BCUT2D eigenvalue weighted by atomic mass is 10.1. The predicted molar refractivity (Wildman–Crippen MR) is 113 cm³/mol. The van der Waals surface area contributed by atoms with Gasteiger partial charge in [-0.3, -0.25) is 0 Å². The second-order valence-corrected chi connectivity index (χ2v) is 7.18. The number of rotatable bonds is 3. The first kappa shape index (κ1) is 18.9. The van der Waals surface area contributed by atoms with Gasteiger partial charge in [-0.2, -0.15) is 5.26 Å². The fourth-order valence-corrected chi connectivity index (χ4v) is 3.64. The van der Waals surface area contributed by atoms with Crippen molar-refractivity contribution in [3.8, 4) is 23.1 Å². The van der Waals surface area contributed by atoms with Crippen LogP contribution in [0.4, 0.5) is 11.4 Å². The average molecular weight is 408 g/mol. The molecule has 1 aliphatic heterocycles. The molecule has 1 aromatic heterocycles. The minimum Gasteiger partial charge on any atom is -0.506 e. The lowest BCUT2D eigenvalue weighted by Crippen LogP contribution is -2.47. The van der Waals surface area contributed by atoms with Gasteiger partial charge in [0.2, 0.25) is 0 Å². The fourth-order valence-electron chi connectivity index (χ4n) is 3.51. The topological polar surface area (TPSA) is 80.7 Å². The van der Waals surface area contributed by atoms with Gasteiger partial charge in [-0.05, 0) is 36.4 Å². The minimum absolute atomic E-state index is 0.00118. The van der Waals surface area contributed by atoms with E-state index in [9.17, 15) is 15.2 Å². The molecular weight excluding hydrogens is 390 g/mol. The molecule has 7 heteroatoms. The molecule has 1 aliphatic rings. The summed E-state index contributed by atoms with van der Waals surface area (Å²) < 4.78 is 5.37. The fraction of sp³-hybridized carbons (Fsp3) is 0.182. The van der Waals surface area contributed by atoms with E-state index in [4.69, 9.17) is 16.0 Å². The number of anilines is 2. The number of halogens is 1. The van der Waals surface area contributed by atoms with Gasteiger partial charge in [-0.1, -0.05) is 23.7 Å². The van der Waals surface area contributed by atoms with Crippen LogP contribution >= 0.6 is 11.6 Å². The van der Waals surface area contributed by atoms with Crippen LogP contribution in [0.3, 0.4) is 0 Å². The number of nitrogens with zero attached hydrogens (tertiary/aromatic N) is 3. The van der Waals surface area contributed by atoms with E-state index in [1.807, 2.05) is 23.1 Å². The number of nitriles is 1. The summed E-state index contributed by atoms with van der Waals surface area (Å²) in [4.78, 5) is 16.5. The highest BCUT2D eigenvalue weighted by Crippen LogP contribution is 2.30. The van der Waals surface area contributed by atoms with Crippen LogP contribution < -0.4 is 15.4 Å². The highest BCUT2D eigenvalue weighted by atomic mass is 35.5. The van der Waals surface area contributed by atoms with Crippen molar-refractivity contribution in [1.82, 2.24) is 0 Å².